The number of hydrogen-bond acceptors (Lipinski definition) is 1. The first-order valence-corrected chi connectivity index (χ1v) is 15.2. The number of fused-ring (bicyclic) bond motifs is 3. The Morgan fingerprint density at radius 2 is 1.33 bits per heavy atom. The molecule has 2 aromatic heterocycles. The van der Waals surface area contributed by atoms with Crippen molar-refractivity contribution in [1.82, 2.24) is 0 Å². The number of aryl methyl sites for hydroxylation is 2. The molecule has 2 heterocycles. The molecule has 2 aliphatic rings. The molecule has 7 rings (SSSR count). The zero-order valence-corrected chi connectivity index (χ0v) is 23.5. The Balaban J connectivity index is 1.36. The average molecular weight is 515 g/mol. The molecule has 0 N–H and O–H groups in total. The van der Waals surface area contributed by atoms with E-state index in [-0.39, 0.29) is 0 Å². The standard InChI is InChI=1S/C37H40NO/c1-25-11-9-10-16-30(25)35-23-33(34(24-38(35)2)27-14-7-4-8-15-27)29-18-20-32-31-19-17-28(26-12-5-3-6-13-26)21-36(31)39-37(32)22-29/h9-11,16-24,26-27H,3-8,12-15H2,1-2H3/q+1. The van der Waals surface area contributed by atoms with Crippen LogP contribution in [0.3, 0.4) is 0 Å². The molecule has 39 heavy (non-hydrogen) atoms. The summed E-state index contributed by atoms with van der Waals surface area (Å²) in [5, 5.41) is 2.47. The lowest BCUT2D eigenvalue weighted by molar-refractivity contribution is -0.660. The van der Waals surface area contributed by atoms with Gasteiger partial charge in [-0.2, -0.15) is 0 Å². The van der Waals surface area contributed by atoms with Crippen LogP contribution in [0.2, 0.25) is 0 Å². The molecule has 0 bridgehead atoms. The normalized spacial score (nSPS) is 17.3. The first-order valence-electron chi connectivity index (χ1n) is 15.2. The number of hydrogen-bond donors (Lipinski definition) is 0. The number of nitrogens with zero attached hydrogens (tertiary/aromatic N) is 1. The molecular weight excluding hydrogens is 474 g/mol. The van der Waals surface area contributed by atoms with Crippen LogP contribution in [0.15, 0.2) is 77.3 Å². The molecule has 2 saturated carbocycles. The minimum Gasteiger partial charge on any atom is -0.456 e. The van der Waals surface area contributed by atoms with Crippen LogP contribution in [0, 0.1) is 6.92 Å². The minimum atomic E-state index is 0.621. The van der Waals surface area contributed by atoms with Crippen LogP contribution < -0.4 is 4.57 Å². The molecule has 198 valence electrons. The molecule has 3 aromatic carbocycles. The quantitative estimate of drug-likeness (QED) is 0.218. The van der Waals surface area contributed by atoms with Crippen LogP contribution in [-0.2, 0) is 7.05 Å². The highest BCUT2D eigenvalue weighted by molar-refractivity contribution is 6.06. The van der Waals surface area contributed by atoms with Gasteiger partial charge in [0.05, 0.1) is 0 Å². The molecule has 0 amide bonds. The fourth-order valence-corrected chi connectivity index (χ4v) is 7.44. The van der Waals surface area contributed by atoms with Gasteiger partial charge < -0.3 is 4.42 Å². The van der Waals surface area contributed by atoms with E-state index in [1.54, 1.807) is 0 Å². The Labute approximate surface area is 232 Å². The molecule has 0 spiro atoms. The zero-order valence-electron chi connectivity index (χ0n) is 23.5. The van der Waals surface area contributed by atoms with Gasteiger partial charge in [-0.3, -0.25) is 0 Å². The third-order valence-corrected chi connectivity index (χ3v) is 9.66. The fourth-order valence-electron chi connectivity index (χ4n) is 7.44. The Bertz CT molecular complexity index is 1650. The summed E-state index contributed by atoms with van der Waals surface area (Å²) in [6.45, 7) is 2.21. The highest BCUT2D eigenvalue weighted by Crippen LogP contribution is 2.41. The van der Waals surface area contributed by atoms with Crippen LogP contribution >= 0.6 is 0 Å². The van der Waals surface area contributed by atoms with Gasteiger partial charge in [0, 0.05) is 28.0 Å². The Hall–Kier alpha value is -3.39. The highest BCUT2D eigenvalue weighted by Gasteiger charge is 2.26. The van der Waals surface area contributed by atoms with Gasteiger partial charge in [0.1, 0.15) is 18.2 Å². The van der Waals surface area contributed by atoms with Crippen molar-refractivity contribution in [2.75, 3.05) is 0 Å². The van der Waals surface area contributed by atoms with Gasteiger partial charge in [-0.05, 0) is 91.0 Å². The maximum absolute atomic E-state index is 6.58. The van der Waals surface area contributed by atoms with Gasteiger partial charge in [0.2, 0.25) is 5.69 Å². The summed E-state index contributed by atoms with van der Waals surface area (Å²) in [6, 6.07) is 25.1. The Morgan fingerprint density at radius 1 is 0.667 bits per heavy atom. The second-order valence-electron chi connectivity index (χ2n) is 12.2. The monoisotopic (exact) mass is 514 g/mol. The van der Waals surface area contributed by atoms with Crippen LogP contribution in [0.1, 0.15) is 92.7 Å². The van der Waals surface area contributed by atoms with Crippen molar-refractivity contribution >= 4 is 21.9 Å². The van der Waals surface area contributed by atoms with E-state index in [4.69, 9.17) is 4.42 Å². The summed E-state index contributed by atoms with van der Waals surface area (Å²) < 4.78 is 8.93. The van der Waals surface area contributed by atoms with Crippen LogP contribution in [-0.4, -0.2) is 0 Å². The second-order valence-corrected chi connectivity index (χ2v) is 12.2. The van der Waals surface area contributed by atoms with Gasteiger partial charge in [-0.25, -0.2) is 4.57 Å². The molecule has 0 saturated heterocycles. The molecule has 0 aliphatic heterocycles. The zero-order chi connectivity index (χ0) is 26.3. The molecule has 2 nitrogen and oxygen atoms in total. The van der Waals surface area contributed by atoms with E-state index in [1.807, 2.05) is 0 Å². The molecular formula is C37H40NO+. The van der Waals surface area contributed by atoms with Gasteiger partial charge in [-0.15, -0.1) is 0 Å². The lowest BCUT2D eigenvalue weighted by atomic mass is 9.81. The molecule has 2 heteroatoms. The molecule has 2 aliphatic carbocycles. The van der Waals surface area contributed by atoms with Crippen LogP contribution in [0.4, 0.5) is 0 Å². The van der Waals surface area contributed by atoms with Gasteiger partial charge in [0.25, 0.3) is 0 Å². The summed E-state index contributed by atoms with van der Waals surface area (Å²) in [6.07, 6.45) is 15.8. The van der Waals surface area contributed by atoms with E-state index in [2.05, 4.69) is 91.5 Å². The molecule has 5 aromatic rings. The lowest BCUT2D eigenvalue weighted by Crippen LogP contribution is -2.32. The van der Waals surface area contributed by atoms with Gasteiger partial charge >= 0.3 is 0 Å². The van der Waals surface area contributed by atoms with Crippen molar-refractivity contribution in [3.8, 4) is 22.4 Å². The summed E-state index contributed by atoms with van der Waals surface area (Å²) in [5.41, 5.74) is 11.5. The fraction of sp³-hybridized carbons (Fsp3) is 0.378. The number of rotatable bonds is 4. The van der Waals surface area contributed by atoms with Gasteiger partial charge in [0.15, 0.2) is 6.20 Å². The molecule has 0 unspecified atom stereocenters. The Morgan fingerprint density at radius 3 is 2.08 bits per heavy atom. The molecule has 0 radical (unpaired) electrons. The van der Waals surface area contributed by atoms with E-state index in [1.165, 1.54) is 114 Å². The largest absolute Gasteiger partial charge is 0.456 e. The van der Waals surface area contributed by atoms with Crippen molar-refractivity contribution in [1.29, 1.82) is 0 Å². The van der Waals surface area contributed by atoms with Gasteiger partial charge in [-0.1, -0.05) is 74.9 Å². The topological polar surface area (TPSA) is 17.0 Å². The van der Waals surface area contributed by atoms with Crippen LogP contribution in [0.25, 0.3) is 44.3 Å². The summed E-state index contributed by atoms with van der Waals surface area (Å²) in [4.78, 5) is 0. The predicted octanol–water partition coefficient (Wildman–Crippen LogP) is 10.1. The summed E-state index contributed by atoms with van der Waals surface area (Å²) in [7, 11) is 2.21. The van der Waals surface area contributed by atoms with Crippen LogP contribution in [0.5, 0.6) is 0 Å². The molecule has 2 fully saturated rings. The number of benzene rings is 3. The number of pyridine rings is 1. The van der Waals surface area contributed by atoms with Crippen molar-refractivity contribution in [3.05, 3.63) is 89.6 Å². The lowest BCUT2D eigenvalue weighted by Gasteiger charge is -2.24. The summed E-state index contributed by atoms with van der Waals surface area (Å²) >= 11 is 0. The van der Waals surface area contributed by atoms with Crippen molar-refractivity contribution in [2.45, 2.75) is 83.0 Å². The molecule has 0 atom stereocenters. The maximum Gasteiger partial charge on any atom is 0.213 e. The van der Waals surface area contributed by atoms with E-state index in [0.29, 0.717) is 11.8 Å². The number of furan rings is 1. The third-order valence-electron chi connectivity index (χ3n) is 9.66. The van der Waals surface area contributed by atoms with Crippen molar-refractivity contribution < 1.29 is 8.98 Å². The maximum atomic E-state index is 6.58. The van der Waals surface area contributed by atoms with Crippen molar-refractivity contribution in [3.63, 3.8) is 0 Å². The van der Waals surface area contributed by atoms with E-state index in [9.17, 15) is 0 Å². The second kappa shape index (κ2) is 10.3. The minimum absolute atomic E-state index is 0.621. The van der Waals surface area contributed by atoms with E-state index < -0.39 is 0 Å². The van der Waals surface area contributed by atoms with Crippen molar-refractivity contribution in [2.24, 2.45) is 7.05 Å². The number of aromatic nitrogens is 1. The first kappa shape index (κ1) is 24.6. The van der Waals surface area contributed by atoms with E-state index in [0.717, 1.165) is 11.2 Å². The SMILES string of the molecule is Cc1ccccc1-c1cc(-c2ccc3c(c2)oc2cc(C4CCCCC4)ccc23)c(C2CCCCC2)c[n+]1C. The Kier molecular flexibility index (Phi) is 6.51. The van der Waals surface area contributed by atoms with E-state index >= 15 is 0 Å². The summed E-state index contributed by atoms with van der Waals surface area (Å²) in [5.74, 6) is 1.31. The smallest absolute Gasteiger partial charge is 0.213 e. The predicted molar refractivity (Wildman–Crippen MR) is 162 cm³/mol. The third kappa shape index (κ3) is 4.58. The first-order chi connectivity index (χ1) is 19.2. The average Bonchev–Trinajstić information content (AvgIpc) is 3.35. The highest BCUT2D eigenvalue weighted by atomic mass is 16.3.